The van der Waals surface area contributed by atoms with Crippen LogP contribution in [0.15, 0.2) is 0 Å². The maximum Gasteiger partial charge on any atom is 0.177 e. The van der Waals surface area contributed by atoms with Crippen LogP contribution in [0.5, 0.6) is 0 Å². The van der Waals surface area contributed by atoms with Gasteiger partial charge in [0.25, 0.3) is 0 Å². The molecule has 1 saturated heterocycles. The van der Waals surface area contributed by atoms with E-state index in [0.29, 0.717) is 6.04 Å². The molecule has 1 aromatic rings. The SMILES string of the molecule is C1CCC(n2nnc(CC3CNCCO3)n2)C1.Cl. The van der Waals surface area contributed by atoms with Crippen molar-refractivity contribution in [3.63, 3.8) is 0 Å². The van der Waals surface area contributed by atoms with Crippen LogP contribution < -0.4 is 5.32 Å². The van der Waals surface area contributed by atoms with Crippen LogP contribution in [0.3, 0.4) is 0 Å². The highest BCUT2D eigenvalue weighted by atomic mass is 35.5. The van der Waals surface area contributed by atoms with Crippen molar-refractivity contribution in [3.05, 3.63) is 5.82 Å². The van der Waals surface area contributed by atoms with Crippen LogP contribution in [-0.2, 0) is 11.2 Å². The Kier molecular flexibility index (Phi) is 4.91. The Hall–Kier alpha value is -0.720. The second-order valence-electron chi connectivity index (χ2n) is 4.87. The first-order valence-corrected chi connectivity index (χ1v) is 6.52. The van der Waals surface area contributed by atoms with E-state index in [9.17, 15) is 0 Å². The lowest BCUT2D eigenvalue weighted by Gasteiger charge is -2.22. The fourth-order valence-electron chi connectivity index (χ4n) is 2.58. The average molecular weight is 274 g/mol. The van der Waals surface area contributed by atoms with Gasteiger partial charge in [0.2, 0.25) is 0 Å². The number of hydrogen-bond donors (Lipinski definition) is 1. The van der Waals surface area contributed by atoms with E-state index in [4.69, 9.17) is 4.74 Å². The maximum absolute atomic E-state index is 5.64. The molecule has 1 aliphatic carbocycles. The topological polar surface area (TPSA) is 64.9 Å². The molecule has 2 aliphatic rings. The molecule has 2 fully saturated rings. The third-order valence-electron chi connectivity index (χ3n) is 3.54. The van der Waals surface area contributed by atoms with Crippen molar-refractivity contribution >= 4 is 12.4 Å². The molecule has 0 radical (unpaired) electrons. The predicted octanol–water partition coefficient (Wildman–Crippen LogP) is 0.741. The molecule has 0 bridgehead atoms. The van der Waals surface area contributed by atoms with Crippen LogP contribution in [0, 0.1) is 0 Å². The monoisotopic (exact) mass is 273 g/mol. The maximum atomic E-state index is 5.64. The number of morpholine rings is 1. The van der Waals surface area contributed by atoms with E-state index in [-0.39, 0.29) is 18.5 Å². The van der Waals surface area contributed by atoms with Crippen molar-refractivity contribution < 1.29 is 4.74 Å². The Labute approximate surface area is 113 Å². The molecular weight excluding hydrogens is 254 g/mol. The number of halogens is 1. The number of nitrogens with one attached hydrogen (secondary N) is 1. The first kappa shape index (κ1) is 13.7. The van der Waals surface area contributed by atoms with Crippen LogP contribution in [0.4, 0.5) is 0 Å². The number of nitrogens with zero attached hydrogens (tertiary/aromatic N) is 4. The number of aromatic nitrogens is 4. The molecule has 102 valence electrons. The molecule has 1 unspecified atom stereocenters. The Morgan fingerprint density at radius 1 is 1.33 bits per heavy atom. The summed E-state index contributed by atoms with van der Waals surface area (Å²) in [5.74, 6) is 0.811. The molecular formula is C11H20ClN5O. The van der Waals surface area contributed by atoms with Gasteiger partial charge in [0.1, 0.15) is 0 Å². The van der Waals surface area contributed by atoms with E-state index in [1.54, 1.807) is 4.80 Å². The molecule has 0 aromatic carbocycles. The van der Waals surface area contributed by atoms with Gasteiger partial charge in [-0.3, -0.25) is 0 Å². The van der Waals surface area contributed by atoms with Crippen LogP contribution in [0.25, 0.3) is 0 Å². The van der Waals surface area contributed by atoms with E-state index < -0.39 is 0 Å². The van der Waals surface area contributed by atoms with Crippen molar-refractivity contribution in [3.8, 4) is 0 Å². The van der Waals surface area contributed by atoms with Crippen LogP contribution in [-0.4, -0.2) is 46.0 Å². The molecule has 1 aromatic heterocycles. The van der Waals surface area contributed by atoms with E-state index in [2.05, 4.69) is 20.7 Å². The van der Waals surface area contributed by atoms with Crippen molar-refractivity contribution in [2.45, 2.75) is 44.2 Å². The first-order chi connectivity index (χ1) is 8.42. The minimum absolute atomic E-state index is 0. The number of rotatable bonds is 3. The number of ether oxygens (including phenoxy) is 1. The summed E-state index contributed by atoms with van der Waals surface area (Å²) in [4.78, 5) is 1.80. The molecule has 1 saturated carbocycles. The summed E-state index contributed by atoms with van der Waals surface area (Å²) < 4.78 is 5.64. The molecule has 1 aliphatic heterocycles. The van der Waals surface area contributed by atoms with Gasteiger partial charge < -0.3 is 10.1 Å². The van der Waals surface area contributed by atoms with Gasteiger partial charge in [0.05, 0.1) is 18.8 Å². The van der Waals surface area contributed by atoms with Gasteiger partial charge in [-0.25, -0.2) is 0 Å². The van der Waals surface area contributed by atoms with Gasteiger partial charge >= 0.3 is 0 Å². The van der Waals surface area contributed by atoms with E-state index in [1.807, 2.05) is 0 Å². The summed E-state index contributed by atoms with van der Waals surface area (Å²) in [7, 11) is 0. The minimum atomic E-state index is 0. The van der Waals surface area contributed by atoms with Crippen molar-refractivity contribution in [1.29, 1.82) is 0 Å². The largest absolute Gasteiger partial charge is 0.375 e. The van der Waals surface area contributed by atoms with E-state index in [1.165, 1.54) is 25.7 Å². The van der Waals surface area contributed by atoms with Crippen LogP contribution in [0.2, 0.25) is 0 Å². The minimum Gasteiger partial charge on any atom is -0.375 e. The second kappa shape index (κ2) is 6.45. The van der Waals surface area contributed by atoms with Crippen LogP contribution in [0.1, 0.15) is 37.5 Å². The molecule has 1 N–H and O–H groups in total. The first-order valence-electron chi connectivity index (χ1n) is 6.52. The Morgan fingerprint density at radius 3 is 2.89 bits per heavy atom. The fourth-order valence-corrected chi connectivity index (χ4v) is 2.58. The lowest BCUT2D eigenvalue weighted by Crippen LogP contribution is -2.39. The van der Waals surface area contributed by atoms with E-state index >= 15 is 0 Å². The zero-order valence-corrected chi connectivity index (χ0v) is 11.2. The fraction of sp³-hybridized carbons (Fsp3) is 0.909. The molecule has 6 nitrogen and oxygen atoms in total. The number of tetrazole rings is 1. The summed E-state index contributed by atoms with van der Waals surface area (Å²) in [6.07, 6.45) is 5.92. The van der Waals surface area contributed by atoms with Gasteiger partial charge in [-0.15, -0.1) is 22.6 Å². The van der Waals surface area contributed by atoms with Crippen molar-refractivity contribution in [2.24, 2.45) is 0 Å². The smallest absolute Gasteiger partial charge is 0.177 e. The summed E-state index contributed by atoms with van der Waals surface area (Å²) >= 11 is 0. The van der Waals surface area contributed by atoms with Crippen LogP contribution >= 0.6 is 12.4 Å². The zero-order chi connectivity index (χ0) is 11.5. The zero-order valence-electron chi connectivity index (χ0n) is 10.4. The highest BCUT2D eigenvalue weighted by molar-refractivity contribution is 5.85. The molecule has 7 heteroatoms. The molecule has 2 heterocycles. The summed E-state index contributed by atoms with van der Waals surface area (Å²) in [5, 5.41) is 16.1. The third kappa shape index (κ3) is 3.18. The molecule has 18 heavy (non-hydrogen) atoms. The van der Waals surface area contributed by atoms with Crippen molar-refractivity contribution in [2.75, 3.05) is 19.7 Å². The van der Waals surface area contributed by atoms with Crippen molar-refractivity contribution in [1.82, 2.24) is 25.5 Å². The Bertz CT molecular complexity index is 360. The normalized spacial score (nSPS) is 25.0. The Morgan fingerprint density at radius 2 is 2.17 bits per heavy atom. The third-order valence-corrected chi connectivity index (χ3v) is 3.54. The summed E-state index contributed by atoms with van der Waals surface area (Å²) in [6.45, 7) is 2.61. The van der Waals surface area contributed by atoms with Gasteiger partial charge in [-0.1, -0.05) is 12.8 Å². The number of hydrogen-bond acceptors (Lipinski definition) is 5. The molecule has 0 amide bonds. The van der Waals surface area contributed by atoms with Gasteiger partial charge in [0.15, 0.2) is 5.82 Å². The average Bonchev–Trinajstić information content (AvgIpc) is 3.00. The Balaban J connectivity index is 0.00000120. The van der Waals surface area contributed by atoms with Gasteiger partial charge in [-0.05, 0) is 18.1 Å². The van der Waals surface area contributed by atoms with E-state index in [0.717, 1.165) is 31.9 Å². The highest BCUT2D eigenvalue weighted by Gasteiger charge is 2.21. The quantitative estimate of drug-likeness (QED) is 0.880. The van der Waals surface area contributed by atoms with Gasteiger partial charge in [0, 0.05) is 19.5 Å². The van der Waals surface area contributed by atoms with Gasteiger partial charge in [-0.2, -0.15) is 4.80 Å². The summed E-state index contributed by atoms with van der Waals surface area (Å²) in [6, 6.07) is 0.474. The lowest BCUT2D eigenvalue weighted by molar-refractivity contribution is 0.0280. The second-order valence-corrected chi connectivity index (χ2v) is 4.87. The molecule has 3 rings (SSSR count). The lowest BCUT2D eigenvalue weighted by atomic mass is 10.2. The molecule has 0 spiro atoms. The highest BCUT2D eigenvalue weighted by Crippen LogP contribution is 2.27. The predicted molar refractivity (Wildman–Crippen MR) is 68.9 cm³/mol. The standard InChI is InChI=1S/C11H19N5O.ClH/c1-2-4-9(3-1)16-14-11(13-15-16)7-10-8-12-5-6-17-10;/h9-10,12H,1-8H2;1H. The summed E-state index contributed by atoms with van der Waals surface area (Å²) in [5.41, 5.74) is 0. The molecule has 1 atom stereocenters.